The average Bonchev–Trinajstić information content (AvgIpc) is 3.04. The van der Waals surface area contributed by atoms with Crippen LogP contribution in [-0.2, 0) is 13.6 Å². The van der Waals surface area contributed by atoms with Crippen LogP contribution in [0.25, 0.3) is 22.4 Å². The lowest BCUT2D eigenvalue weighted by Crippen LogP contribution is -2.27. The van der Waals surface area contributed by atoms with Gasteiger partial charge in [-0.05, 0) is 24.3 Å². The first-order chi connectivity index (χ1) is 13.1. The molecule has 3 heterocycles. The van der Waals surface area contributed by atoms with Crippen LogP contribution in [0.15, 0.2) is 61.2 Å². The Labute approximate surface area is 156 Å². The minimum atomic E-state index is -0.153. The fourth-order valence-electron chi connectivity index (χ4n) is 2.92. The quantitative estimate of drug-likeness (QED) is 0.561. The third-order valence-electron chi connectivity index (χ3n) is 4.42. The molecule has 0 aliphatic carbocycles. The van der Waals surface area contributed by atoms with Crippen LogP contribution in [0, 0.1) is 0 Å². The fraction of sp³-hybridized carbons (Fsp3) is 0.150. The number of nitrogens with zero attached hydrogens (tertiary/aromatic N) is 6. The molecule has 1 amide bonds. The molecule has 0 bridgehead atoms. The monoisotopic (exact) mass is 358 g/mol. The van der Waals surface area contributed by atoms with Gasteiger partial charge in [0.25, 0.3) is 5.91 Å². The van der Waals surface area contributed by atoms with Crippen molar-refractivity contribution in [1.29, 1.82) is 0 Å². The molecule has 0 atom stereocenters. The van der Waals surface area contributed by atoms with E-state index < -0.39 is 0 Å². The number of aromatic nitrogens is 5. The van der Waals surface area contributed by atoms with Gasteiger partial charge in [0.1, 0.15) is 5.82 Å². The van der Waals surface area contributed by atoms with Crippen molar-refractivity contribution >= 4 is 16.9 Å². The van der Waals surface area contributed by atoms with Gasteiger partial charge < -0.3 is 9.47 Å². The smallest absolute Gasteiger partial charge is 0.257 e. The molecule has 134 valence electrons. The Kier molecular flexibility index (Phi) is 4.33. The molecule has 4 rings (SSSR count). The van der Waals surface area contributed by atoms with Gasteiger partial charge in [-0.3, -0.25) is 9.78 Å². The Morgan fingerprint density at radius 1 is 1.07 bits per heavy atom. The molecule has 27 heavy (non-hydrogen) atoms. The molecule has 0 spiro atoms. The van der Waals surface area contributed by atoms with Crippen LogP contribution < -0.4 is 0 Å². The molecule has 0 aliphatic heterocycles. The number of amides is 1. The molecule has 0 fully saturated rings. The summed E-state index contributed by atoms with van der Waals surface area (Å²) in [5.74, 6) is 1.21. The summed E-state index contributed by atoms with van der Waals surface area (Å²) in [6.45, 7) is 0.397. The summed E-state index contributed by atoms with van der Waals surface area (Å²) in [4.78, 5) is 31.6. The summed E-state index contributed by atoms with van der Waals surface area (Å²) in [7, 11) is 3.70. The van der Waals surface area contributed by atoms with Crippen molar-refractivity contribution in [3.63, 3.8) is 0 Å². The summed E-state index contributed by atoms with van der Waals surface area (Å²) in [5, 5.41) is 0. The van der Waals surface area contributed by atoms with Crippen molar-refractivity contribution in [2.24, 2.45) is 7.05 Å². The molecule has 0 unspecified atom stereocenters. The second kappa shape index (κ2) is 6.95. The highest BCUT2D eigenvalue weighted by Gasteiger charge is 2.16. The number of carbonyl (C=O) groups excluding carboxylic acids is 1. The Morgan fingerprint density at radius 2 is 1.85 bits per heavy atom. The molecule has 7 nitrogen and oxygen atoms in total. The van der Waals surface area contributed by atoms with Crippen LogP contribution in [0.1, 0.15) is 16.2 Å². The molecule has 0 aliphatic rings. The predicted molar refractivity (Wildman–Crippen MR) is 102 cm³/mol. The van der Waals surface area contributed by atoms with E-state index in [9.17, 15) is 4.79 Å². The van der Waals surface area contributed by atoms with Crippen molar-refractivity contribution in [3.05, 3.63) is 72.6 Å². The minimum absolute atomic E-state index is 0.153. The SMILES string of the molecule is CN(Cc1nc2ccccc2n1C)C(=O)c1cnc(-c2cccnc2)nc1. The van der Waals surface area contributed by atoms with Gasteiger partial charge in [0, 0.05) is 44.4 Å². The van der Waals surface area contributed by atoms with Gasteiger partial charge in [-0.15, -0.1) is 0 Å². The zero-order valence-electron chi connectivity index (χ0n) is 15.1. The summed E-state index contributed by atoms with van der Waals surface area (Å²) in [6, 6.07) is 11.6. The molecule has 0 N–H and O–H groups in total. The maximum absolute atomic E-state index is 12.7. The maximum atomic E-state index is 12.7. The van der Waals surface area contributed by atoms with Crippen molar-refractivity contribution in [2.75, 3.05) is 7.05 Å². The number of aryl methyl sites for hydroxylation is 1. The molecular formula is C20H18N6O. The van der Waals surface area contributed by atoms with Crippen molar-refractivity contribution < 1.29 is 4.79 Å². The lowest BCUT2D eigenvalue weighted by molar-refractivity contribution is 0.0780. The lowest BCUT2D eigenvalue weighted by atomic mass is 10.2. The van der Waals surface area contributed by atoms with E-state index in [1.165, 1.54) is 0 Å². The van der Waals surface area contributed by atoms with Crippen LogP contribution in [0.4, 0.5) is 0 Å². The molecule has 7 heteroatoms. The van der Waals surface area contributed by atoms with Crippen LogP contribution >= 0.6 is 0 Å². The number of imidazole rings is 1. The highest BCUT2D eigenvalue weighted by molar-refractivity contribution is 5.93. The molecular weight excluding hydrogens is 340 g/mol. The highest BCUT2D eigenvalue weighted by Crippen LogP contribution is 2.16. The Bertz CT molecular complexity index is 1090. The van der Waals surface area contributed by atoms with E-state index in [1.54, 1.807) is 36.7 Å². The Balaban J connectivity index is 1.52. The molecule has 0 radical (unpaired) electrons. The number of para-hydroxylation sites is 2. The van der Waals surface area contributed by atoms with E-state index in [0.29, 0.717) is 17.9 Å². The topological polar surface area (TPSA) is 76.8 Å². The predicted octanol–water partition coefficient (Wildman–Crippen LogP) is 2.70. The minimum Gasteiger partial charge on any atom is -0.334 e. The number of hydrogen-bond acceptors (Lipinski definition) is 5. The first kappa shape index (κ1) is 16.8. The molecule has 0 saturated heterocycles. The summed E-state index contributed by atoms with van der Waals surface area (Å²) >= 11 is 0. The van der Waals surface area contributed by atoms with Gasteiger partial charge >= 0.3 is 0 Å². The van der Waals surface area contributed by atoms with E-state index in [0.717, 1.165) is 22.4 Å². The number of carbonyl (C=O) groups is 1. The van der Waals surface area contributed by atoms with Crippen molar-refractivity contribution in [2.45, 2.75) is 6.54 Å². The fourth-order valence-corrected chi connectivity index (χ4v) is 2.92. The first-order valence-corrected chi connectivity index (χ1v) is 8.52. The number of fused-ring (bicyclic) bond motifs is 1. The van der Waals surface area contributed by atoms with E-state index in [1.807, 2.05) is 48.0 Å². The zero-order valence-corrected chi connectivity index (χ0v) is 15.1. The van der Waals surface area contributed by atoms with Crippen LogP contribution in [-0.4, -0.2) is 42.4 Å². The second-order valence-electron chi connectivity index (χ2n) is 6.27. The standard InChI is InChI=1S/C20H18N6O/c1-25(13-18-24-16-7-3-4-8-17(16)26(18)2)20(27)15-11-22-19(23-12-15)14-6-5-9-21-10-14/h3-12H,13H2,1-2H3. The van der Waals surface area contributed by atoms with E-state index in [2.05, 4.69) is 19.9 Å². The molecule has 0 saturated carbocycles. The summed E-state index contributed by atoms with van der Waals surface area (Å²) in [6.07, 6.45) is 6.47. The highest BCUT2D eigenvalue weighted by atomic mass is 16.2. The third-order valence-corrected chi connectivity index (χ3v) is 4.42. The average molecular weight is 358 g/mol. The van der Waals surface area contributed by atoms with Gasteiger partial charge in [0.05, 0.1) is 23.1 Å². The van der Waals surface area contributed by atoms with E-state index in [-0.39, 0.29) is 5.91 Å². The normalized spacial score (nSPS) is 10.9. The van der Waals surface area contributed by atoms with Crippen molar-refractivity contribution in [1.82, 2.24) is 29.4 Å². The van der Waals surface area contributed by atoms with Gasteiger partial charge in [-0.25, -0.2) is 15.0 Å². The van der Waals surface area contributed by atoms with Crippen LogP contribution in [0.3, 0.4) is 0 Å². The van der Waals surface area contributed by atoms with E-state index >= 15 is 0 Å². The van der Waals surface area contributed by atoms with Gasteiger partial charge in [-0.2, -0.15) is 0 Å². The summed E-state index contributed by atoms with van der Waals surface area (Å²) in [5.41, 5.74) is 3.20. The summed E-state index contributed by atoms with van der Waals surface area (Å²) < 4.78 is 2.00. The number of benzene rings is 1. The number of rotatable bonds is 4. The number of hydrogen-bond donors (Lipinski definition) is 0. The van der Waals surface area contributed by atoms with Crippen molar-refractivity contribution in [3.8, 4) is 11.4 Å². The Hall–Kier alpha value is -3.61. The van der Waals surface area contributed by atoms with E-state index in [4.69, 9.17) is 0 Å². The van der Waals surface area contributed by atoms with Gasteiger partial charge in [0.2, 0.25) is 0 Å². The first-order valence-electron chi connectivity index (χ1n) is 8.52. The second-order valence-corrected chi connectivity index (χ2v) is 6.27. The maximum Gasteiger partial charge on any atom is 0.257 e. The van der Waals surface area contributed by atoms with Crippen LogP contribution in [0.5, 0.6) is 0 Å². The lowest BCUT2D eigenvalue weighted by Gasteiger charge is -2.16. The number of pyridine rings is 1. The molecule has 3 aromatic heterocycles. The largest absolute Gasteiger partial charge is 0.334 e. The van der Waals surface area contributed by atoms with Gasteiger partial charge in [0.15, 0.2) is 5.82 Å². The Morgan fingerprint density at radius 3 is 2.56 bits per heavy atom. The zero-order chi connectivity index (χ0) is 18.8. The third kappa shape index (κ3) is 3.27. The van der Waals surface area contributed by atoms with Gasteiger partial charge in [-0.1, -0.05) is 12.1 Å². The molecule has 4 aromatic rings. The molecule has 1 aromatic carbocycles. The van der Waals surface area contributed by atoms with Crippen LogP contribution in [0.2, 0.25) is 0 Å².